The molecule has 0 aromatic carbocycles. The SMILES string of the molecule is C[C@@H]1CO[C@H]2[C@@H]1OC[C@H]2OC(=O)C=CC(=O)O[C@@H]1CO[C@H]2[C@@H]1OC[C@H]2OC(=O)C=CC(=O)O. The number of ether oxygens (including phenoxy) is 7. The largest absolute Gasteiger partial charge is 0.478 e. The van der Waals surface area contributed by atoms with Crippen molar-refractivity contribution >= 4 is 23.9 Å². The van der Waals surface area contributed by atoms with Gasteiger partial charge in [0.15, 0.2) is 18.3 Å². The summed E-state index contributed by atoms with van der Waals surface area (Å²) in [7, 11) is 0. The Hall–Kier alpha value is -2.80. The van der Waals surface area contributed by atoms with Gasteiger partial charge < -0.3 is 38.3 Å². The van der Waals surface area contributed by atoms with E-state index in [9.17, 15) is 19.2 Å². The first-order chi connectivity index (χ1) is 15.8. The first-order valence-electron chi connectivity index (χ1n) is 10.5. The minimum Gasteiger partial charge on any atom is -0.478 e. The lowest BCUT2D eigenvalue weighted by atomic mass is 10.0. The Bertz CT molecular complexity index is 850. The number of fused-ring (bicyclic) bond motifs is 2. The van der Waals surface area contributed by atoms with Crippen LogP contribution < -0.4 is 0 Å². The maximum atomic E-state index is 12.1. The molecule has 1 N–H and O–H groups in total. The molecule has 0 aliphatic carbocycles. The van der Waals surface area contributed by atoms with Crippen molar-refractivity contribution in [3.63, 3.8) is 0 Å². The molecule has 12 heteroatoms. The van der Waals surface area contributed by atoms with Crippen LogP contribution in [0.2, 0.25) is 0 Å². The van der Waals surface area contributed by atoms with E-state index in [0.717, 1.165) is 18.2 Å². The highest BCUT2D eigenvalue weighted by atomic mass is 16.7. The van der Waals surface area contributed by atoms with E-state index in [1.165, 1.54) is 0 Å². The van der Waals surface area contributed by atoms with Gasteiger partial charge in [-0.25, -0.2) is 19.2 Å². The van der Waals surface area contributed by atoms with Crippen LogP contribution in [0, 0.1) is 5.92 Å². The molecular weight excluding hydrogens is 444 g/mol. The third-order valence-electron chi connectivity index (χ3n) is 5.74. The van der Waals surface area contributed by atoms with Gasteiger partial charge >= 0.3 is 23.9 Å². The number of carboxylic acid groups (broad SMARTS) is 1. The quantitative estimate of drug-likeness (QED) is 0.281. The van der Waals surface area contributed by atoms with Crippen molar-refractivity contribution in [2.24, 2.45) is 5.92 Å². The number of hydrogen-bond donors (Lipinski definition) is 1. The normalized spacial score (nSPS) is 37.2. The second-order valence-electron chi connectivity index (χ2n) is 8.10. The molecule has 4 fully saturated rings. The van der Waals surface area contributed by atoms with Gasteiger partial charge in [0.25, 0.3) is 0 Å². The van der Waals surface area contributed by atoms with E-state index < -0.39 is 54.4 Å². The van der Waals surface area contributed by atoms with Gasteiger partial charge in [-0.15, -0.1) is 0 Å². The lowest BCUT2D eigenvalue weighted by molar-refractivity contribution is -0.151. The van der Waals surface area contributed by atoms with Crippen LogP contribution in [-0.4, -0.2) is 98.1 Å². The summed E-state index contributed by atoms with van der Waals surface area (Å²) in [5, 5.41) is 8.55. The molecule has 4 aliphatic heterocycles. The van der Waals surface area contributed by atoms with Crippen LogP contribution in [0.5, 0.6) is 0 Å². The molecule has 4 rings (SSSR count). The molecule has 180 valence electrons. The molecule has 33 heavy (non-hydrogen) atoms. The molecule has 0 aromatic heterocycles. The highest BCUT2D eigenvalue weighted by Gasteiger charge is 2.51. The van der Waals surface area contributed by atoms with Gasteiger partial charge in [-0.2, -0.15) is 0 Å². The van der Waals surface area contributed by atoms with Gasteiger partial charge in [-0.1, -0.05) is 6.92 Å². The van der Waals surface area contributed by atoms with Crippen LogP contribution >= 0.6 is 0 Å². The summed E-state index contributed by atoms with van der Waals surface area (Å²) in [4.78, 5) is 46.3. The molecule has 0 spiro atoms. The summed E-state index contributed by atoms with van der Waals surface area (Å²) in [5.74, 6) is -3.42. The molecule has 12 nitrogen and oxygen atoms in total. The molecule has 0 bridgehead atoms. The summed E-state index contributed by atoms with van der Waals surface area (Å²) in [6.45, 7) is 2.79. The van der Waals surface area contributed by atoms with Crippen molar-refractivity contribution < 1.29 is 57.4 Å². The van der Waals surface area contributed by atoms with E-state index in [2.05, 4.69) is 0 Å². The van der Waals surface area contributed by atoms with Gasteiger partial charge in [-0.05, 0) is 0 Å². The van der Waals surface area contributed by atoms with Crippen molar-refractivity contribution in [3.05, 3.63) is 24.3 Å². The monoisotopic (exact) mass is 468 g/mol. The number of aliphatic carboxylic acids is 1. The third kappa shape index (κ3) is 5.41. The van der Waals surface area contributed by atoms with Crippen molar-refractivity contribution in [1.82, 2.24) is 0 Å². The Morgan fingerprint density at radius 2 is 1.00 bits per heavy atom. The number of carboxylic acids is 1. The van der Waals surface area contributed by atoms with Crippen LogP contribution in [0.4, 0.5) is 0 Å². The molecule has 0 unspecified atom stereocenters. The average Bonchev–Trinajstić information content (AvgIpc) is 3.52. The van der Waals surface area contributed by atoms with E-state index in [-0.39, 0.29) is 37.9 Å². The maximum absolute atomic E-state index is 12.1. The van der Waals surface area contributed by atoms with Crippen LogP contribution in [0.3, 0.4) is 0 Å². The minimum absolute atomic E-state index is 0.00447. The topological polar surface area (TPSA) is 153 Å². The standard InChI is InChI=1S/C21H24O12/c1-10-6-27-19-11(7-28-18(10)19)31-16(25)4-5-17(26)33-13-9-30-20-12(8-29-21(13)20)32-15(24)3-2-14(22)23/h2-5,10-13,18-21H,6-9H2,1H3,(H,22,23)/t10-,11-,12-,13-,18-,19-,20-,21-/m1/s1. The van der Waals surface area contributed by atoms with Gasteiger partial charge in [0, 0.05) is 30.2 Å². The molecule has 0 radical (unpaired) electrons. The number of carbonyl (C=O) groups is 4. The van der Waals surface area contributed by atoms with Crippen molar-refractivity contribution in [2.75, 3.05) is 26.4 Å². The number of rotatable bonds is 7. The number of hydrogen-bond acceptors (Lipinski definition) is 11. The fourth-order valence-corrected chi connectivity index (χ4v) is 4.23. The van der Waals surface area contributed by atoms with Gasteiger partial charge in [0.1, 0.15) is 18.3 Å². The predicted molar refractivity (Wildman–Crippen MR) is 104 cm³/mol. The molecule has 0 aromatic rings. The lowest BCUT2D eigenvalue weighted by Gasteiger charge is -2.16. The summed E-state index contributed by atoms with van der Waals surface area (Å²) >= 11 is 0. The molecule has 4 saturated heterocycles. The lowest BCUT2D eigenvalue weighted by Crippen LogP contribution is -2.35. The number of carbonyl (C=O) groups excluding carboxylic acids is 3. The fourth-order valence-electron chi connectivity index (χ4n) is 4.23. The van der Waals surface area contributed by atoms with E-state index in [1.807, 2.05) is 6.92 Å². The summed E-state index contributed by atoms with van der Waals surface area (Å²) in [6, 6.07) is 0. The molecule has 0 saturated carbocycles. The average molecular weight is 468 g/mol. The van der Waals surface area contributed by atoms with Crippen molar-refractivity contribution in [2.45, 2.75) is 49.7 Å². The fraction of sp³-hybridized carbons (Fsp3) is 0.619. The van der Waals surface area contributed by atoms with E-state index >= 15 is 0 Å². The third-order valence-corrected chi connectivity index (χ3v) is 5.74. The van der Waals surface area contributed by atoms with Crippen molar-refractivity contribution in [1.29, 1.82) is 0 Å². The van der Waals surface area contributed by atoms with Gasteiger partial charge in [0.2, 0.25) is 0 Å². The van der Waals surface area contributed by atoms with Crippen LogP contribution in [-0.2, 0) is 52.3 Å². The summed E-state index contributed by atoms with van der Waals surface area (Å²) < 4.78 is 38.0. The number of esters is 3. The highest BCUT2D eigenvalue weighted by Crippen LogP contribution is 2.32. The Labute approximate surface area is 188 Å². The second-order valence-corrected chi connectivity index (χ2v) is 8.10. The molecule has 4 aliphatic rings. The molecule has 0 amide bonds. The predicted octanol–water partition coefficient (Wildman–Crippen LogP) is -0.850. The smallest absolute Gasteiger partial charge is 0.331 e. The van der Waals surface area contributed by atoms with Crippen LogP contribution in [0.25, 0.3) is 0 Å². The Morgan fingerprint density at radius 3 is 1.45 bits per heavy atom. The Kier molecular flexibility index (Phi) is 7.08. The molecule has 8 atom stereocenters. The second kappa shape index (κ2) is 10.00. The summed E-state index contributed by atoms with van der Waals surface area (Å²) in [6.07, 6.45) is -0.447. The van der Waals surface area contributed by atoms with Gasteiger partial charge in [0.05, 0.1) is 32.5 Å². The zero-order valence-electron chi connectivity index (χ0n) is 17.7. The van der Waals surface area contributed by atoms with E-state index in [4.69, 9.17) is 38.3 Å². The molecular formula is C21H24O12. The minimum atomic E-state index is -1.28. The van der Waals surface area contributed by atoms with E-state index in [1.54, 1.807) is 0 Å². The Morgan fingerprint density at radius 1 is 0.636 bits per heavy atom. The van der Waals surface area contributed by atoms with Gasteiger partial charge in [-0.3, -0.25) is 0 Å². The van der Waals surface area contributed by atoms with E-state index in [0.29, 0.717) is 12.7 Å². The first kappa shape index (κ1) is 23.4. The first-order valence-corrected chi connectivity index (χ1v) is 10.5. The zero-order valence-corrected chi connectivity index (χ0v) is 17.7. The zero-order chi connectivity index (χ0) is 23.5. The molecule has 4 heterocycles. The van der Waals surface area contributed by atoms with Crippen LogP contribution in [0.1, 0.15) is 6.92 Å². The Balaban J connectivity index is 1.22. The summed E-state index contributed by atoms with van der Waals surface area (Å²) in [5.41, 5.74) is 0. The van der Waals surface area contributed by atoms with Crippen molar-refractivity contribution in [3.8, 4) is 0 Å². The highest BCUT2D eigenvalue weighted by molar-refractivity contribution is 5.92. The maximum Gasteiger partial charge on any atom is 0.331 e. The van der Waals surface area contributed by atoms with Crippen LogP contribution in [0.15, 0.2) is 24.3 Å².